The van der Waals surface area contributed by atoms with Crippen molar-refractivity contribution in [2.24, 2.45) is 11.7 Å². The Morgan fingerprint density at radius 3 is 2.41 bits per heavy atom. The summed E-state index contributed by atoms with van der Waals surface area (Å²) in [5.74, 6) is -0.414. The Kier molecular flexibility index (Phi) is 4.93. The summed E-state index contributed by atoms with van der Waals surface area (Å²) in [5, 5.41) is 8.73. The van der Waals surface area contributed by atoms with Crippen LogP contribution in [0, 0.1) is 5.92 Å². The van der Waals surface area contributed by atoms with Gasteiger partial charge in [0.25, 0.3) is 0 Å². The summed E-state index contributed by atoms with van der Waals surface area (Å²) in [6.45, 7) is 4.15. The van der Waals surface area contributed by atoms with Crippen LogP contribution in [0.5, 0.6) is 0 Å². The molecule has 98 valence electrons. The minimum Gasteiger partial charge on any atom is -0.481 e. The van der Waals surface area contributed by atoms with Crippen LogP contribution in [0.4, 0.5) is 0 Å². The number of hydrogen-bond acceptors (Lipinski definition) is 3. The van der Waals surface area contributed by atoms with E-state index >= 15 is 0 Å². The van der Waals surface area contributed by atoms with Crippen molar-refractivity contribution in [3.8, 4) is 0 Å². The lowest BCUT2D eigenvalue weighted by molar-refractivity contribution is -0.140. The van der Waals surface area contributed by atoms with E-state index in [9.17, 15) is 9.59 Å². The highest BCUT2D eigenvalue weighted by molar-refractivity contribution is 5.78. The molecule has 2 unspecified atom stereocenters. The van der Waals surface area contributed by atoms with Crippen molar-refractivity contribution in [1.82, 2.24) is 4.90 Å². The molecule has 0 saturated heterocycles. The van der Waals surface area contributed by atoms with Crippen LogP contribution in [0.2, 0.25) is 0 Å². The van der Waals surface area contributed by atoms with E-state index < -0.39 is 5.97 Å². The lowest BCUT2D eigenvalue weighted by Gasteiger charge is -2.28. The van der Waals surface area contributed by atoms with Crippen molar-refractivity contribution in [3.05, 3.63) is 0 Å². The van der Waals surface area contributed by atoms with Gasteiger partial charge >= 0.3 is 5.97 Å². The van der Waals surface area contributed by atoms with Gasteiger partial charge in [0.2, 0.25) is 5.91 Å². The fraction of sp³-hybridized carbons (Fsp3) is 0.833. The van der Waals surface area contributed by atoms with Crippen molar-refractivity contribution in [2.75, 3.05) is 6.54 Å². The summed E-state index contributed by atoms with van der Waals surface area (Å²) in [6.07, 6.45) is 2.55. The zero-order valence-corrected chi connectivity index (χ0v) is 10.6. The Bertz CT molecular complexity index is 289. The number of carbonyl (C=O) groups is 2. The summed E-state index contributed by atoms with van der Waals surface area (Å²) in [5.41, 5.74) is 5.91. The summed E-state index contributed by atoms with van der Waals surface area (Å²) in [7, 11) is 0. The minimum absolute atomic E-state index is 0.0156. The minimum atomic E-state index is -0.879. The molecule has 0 heterocycles. The number of nitrogens with two attached hydrogens (primary N) is 1. The van der Waals surface area contributed by atoms with E-state index in [1.165, 1.54) is 0 Å². The van der Waals surface area contributed by atoms with Gasteiger partial charge in [-0.2, -0.15) is 0 Å². The molecule has 1 rings (SSSR count). The summed E-state index contributed by atoms with van der Waals surface area (Å²) >= 11 is 0. The highest BCUT2D eigenvalue weighted by Crippen LogP contribution is 2.33. The largest absolute Gasteiger partial charge is 0.481 e. The molecular weight excluding hydrogens is 220 g/mol. The number of rotatable bonds is 7. The van der Waals surface area contributed by atoms with E-state index in [4.69, 9.17) is 10.8 Å². The second-order valence-electron chi connectivity index (χ2n) is 4.83. The molecule has 0 aromatic heterocycles. The zero-order valence-electron chi connectivity index (χ0n) is 10.6. The molecule has 1 aliphatic carbocycles. The molecule has 17 heavy (non-hydrogen) atoms. The third kappa shape index (κ3) is 4.34. The average molecular weight is 242 g/mol. The molecule has 5 nitrogen and oxygen atoms in total. The summed E-state index contributed by atoms with van der Waals surface area (Å²) in [4.78, 5) is 24.2. The van der Waals surface area contributed by atoms with Gasteiger partial charge in [0.15, 0.2) is 0 Å². The van der Waals surface area contributed by atoms with Crippen LogP contribution in [0.3, 0.4) is 0 Å². The van der Waals surface area contributed by atoms with Gasteiger partial charge in [-0.3, -0.25) is 9.59 Å². The summed E-state index contributed by atoms with van der Waals surface area (Å²) in [6, 6.07) is -0.329. The predicted molar refractivity (Wildman–Crippen MR) is 64.4 cm³/mol. The van der Waals surface area contributed by atoms with Gasteiger partial charge in [-0.05, 0) is 32.6 Å². The molecule has 0 aromatic carbocycles. The molecule has 1 fully saturated rings. The van der Waals surface area contributed by atoms with Crippen LogP contribution >= 0.6 is 0 Å². The Hall–Kier alpha value is -1.10. The number of aliphatic carboxylic acids is 1. The van der Waals surface area contributed by atoms with Crippen molar-refractivity contribution >= 4 is 11.9 Å². The number of amides is 1. The Morgan fingerprint density at radius 2 is 2.00 bits per heavy atom. The third-order valence-corrected chi connectivity index (χ3v) is 3.30. The monoisotopic (exact) mass is 242 g/mol. The first-order chi connectivity index (χ1) is 7.95. The van der Waals surface area contributed by atoms with Gasteiger partial charge in [-0.25, -0.2) is 0 Å². The van der Waals surface area contributed by atoms with E-state index in [-0.39, 0.29) is 24.4 Å². The molecular formula is C12H22N2O3. The van der Waals surface area contributed by atoms with Crippen LogP contribution in [0.25, 0.3) is 0 Å². The maximum Gasteiger partial charge on any atom is 0.305 e. The molecule has 0 bridgehead atoms. The van der Waals surface area contributed by atoms with Gasteiger partial charge < -0.3 is 15.7 Å². The first kappa shape index (κ1) is 14.0. The second kappa shape index (κ2) is 6.00. The quantitative estimate of drug-likeness (QED) is 0.692. The molecule has 5 heteroatoms. The first-order valence-electron chi connectivity index (χ1n) is 6.22. The van der Waals surface area contributed by atoms with Crippen molar-refractivity contribution < 1.29 is 14.7 Å². The van der Waals surface area contributed by atoms with Crippen LogP contribution in [0.1, 0.15) is 39.5 Å². The van der Waals surface area contributed by atoms with E-state index in [1.807, 2.05) is 6.92 Å². The zero-order chi connectivity index (χ0) is 13.0. The molecule has 1 aliphatic rings. The molecule has 0 aromatic rings. The van der Waals surface area contributed by atoms with Crippen molar-refractivity contribution in [3.63, 3.8) is 0 Å². The molecule has 0 radical (unpaired) electrons. The molecule has 1 saturated carbocycles. The average Bonchev–Trinajstić information content (AvgIpc) is 2.99. The number of carbonyl (C=O) groups excluding carboxylic acids is 1. The number of hydrogen-bond donors (Lipinski definition) is 2. The normalized spacial score (nSPS) is 18.5. The van der Waals surface area contributed by atoms with Crippen LogP contribution in [-0.4, -0.2) is 40.5 Å². The van der Waals surface area contributed by atoms with Gasteiger partial charge in [-0.15, -0.1) is 0 Å². The highest BCUT2D eigenvalue weighted by Gasteiger charge is 2.31. The SMILES string of the molecule is CCN(C(=O)CC(N)C1CC1)C(C)CC(=O)O. The molecule has 3 N–H and O–H groups in total. The van der Waals surface area contributed by atoms with Gasteiger partial charge in [-0.1, -0.05) is 0 Å². The maximum atomic E-state index is 12.0. The van der Waals surface area contributed by atoms with E-state index in [0.29, 0.717) is 18.9 Å². The number of nitrogens with zero attached hydrogens (tertiary/aromatic N) is 1. The number of carboxylic acids is 1. The molecule has 2 atom stereocenters. The van der Waals surface area contributed by atoms with E-state index in [2.05, 4.69) is 0 Å². The Morgan fingerprint density at radius 1 is 1.41 bits per heavy atom. The Labute approximate surface area is 102 Å². The molecule has 0 aliphatic heterocycles. The van der Waals surface area contributed by atoms with Gasteiger partial charge in [0.05, 0.1) is 6.42 Å². The molecule has 1 amide bonds. The fourth-order valence-electron chi connectivity index (χ4n) is 2.11. The van der Waals surface area contributed by atoms with E-state index in [1.54, 1.807) is 11.8 Å². The van der Waals surface area contributed by atoms with Crippen molar-refractivity contribution in [1.29, 1.82) is 0 Å². The van der Waals surface area contributed by atoms with Crippen molar-refractivity contribution in [2.45, 2.75) is 51.6 Å². The maximum absolute atomic E-state index is 12.0. The van der Waals surface area contributed by atoms with E-state index in [0.717, 1.165) is 12.8 Å². The topological polar surface area (TPSA) is 83.6 Å². The van der Waals surface area contributed by atoms with Gasteiger partial charge in [0.1, 0.15) is 0 Å². The third-order valence-electron chi connectivity index (χ3n) is 3.30. The molecule has 0 spiro atoms. The number of carboxylic acid groups (broad SMARTS) is 1. The standard InChI is InChI=1S/C12H22N2O3/c1-3-14(8(2)6-12(16)17)11(15)7-10(13)9-4-5-9/h8-10H,3-7,13H2,1-2H3,(H,16,17). The predicted octanol–water partition coefficient (Wildman–Crippen LogP) is 0.825. The second-order valence-corrected chi connectivity index (χ2v) is 4.83. The smallest absolute Gasteiger partial charge is 0.305 e. The first-order valence-corrected chi connectivity index (χ1v) is 6.22. The Balaban J connectivity index is 2.46. The lowest BCUT2D eigenvalue weighted by Crippen LogP contribution is -2.42. The highest BCUT2D eigenvalue weighted by atomic mass is 16.4. The van der Waals surface area contributed by atoms with Crippen LogP contribution in [-0.2, 0) is 9.59 Å². The lowest BCUT2D eigenvalue weighted by atomic mass is 10.1. The van der Waals surface area contributed by atoms with Crippen LogP contribution in [0.15, 0.2) is 0 Å². The fourth-order valence-corrected chi connectivity index (χ4v) is 2.11. The summed E-state index contributed by atoms with van der Waals surface area (Å²) < 4.78 is 0. The van der Waals surface area contributed by atoms with Crippen LogP contribution < -0.4 is 5.73 Å². The van der Waals surface area contributed by atoms with Gasteiger partial charge in [0, 0.05) is 25.0 Å².